The Morgan fingerprint density at radius 2 is 1.79 bits per heavy atom. The molecule has 2 saturated carbocycles. The summed E-state index contributed by atoms with van der Waals surface area (Å²) in [4.78, 5) is 2.78. The third-order valence-electron chi connectivity index (χ3n) is 5.74. The van der Waals surface area contributed by atoms with Crippen LogP contribution in [0.4, 0.5) is 0 Å². The Hall–Kier alpha value is -0.0800. The van der Waals surface area contributed by atoms with Crippen molar-refractivity contribution in [2.75, 3.05) is 20.1 Å². The molecule has 0 aromatic heterocycles. The largest absolute Gasteiger partial charge is 0.316 e. The fourth-order valence-corrected chi connectivity index (χ4v) is 4.71. The molecule has 2 aliphatic rings. The molecule has 2 aliphatic carbocycles. The molecule has 0 aromatic rings. The first kappa shape index (κ1) is 15.3. The maximum Gasteiger partial charge on any atom is 0.0156 e. The average Bonchev–Trinajstić information content (AvgIpc) is 2.88. The van der Waals surface area contributed by atoms with Gasteiger partial charge in [-0.3, -0.25) is 0 Å². The van der Waals surface area contributed by atoms with E-state index in [1.54, 1.807) is 0 Å². The molecule has 2 unspecified atom stereocenters. The Kier molecular flexibility index (Phi) is 5.30. The first-order chi connectivity index (χ1) is 9.08. The Balaban J connectivity index is 1.98. The maximum atomic E-state index is 3.64. The zero-order valence-electron chi connectivity index (χ0n) is 13.5. The summed E-state index contributed by atoms with van der Waals surface area (Å²) in [5.41, 5.74) is 0.465. The van der Waals surface area contributed by atoms with Crippen LogP contribution in [0, 0.1) is 11.3 Å². The summed E-state index contributed by atoms with van der Waals surface area (Å²) in [5.74, 6) is 0.842. The Bertz CT molecular complexity index is 268. The van der Waals surface area contributed by atoms with Gasteiger partial charge in [-0.05, 0) is 50.6 Å². The number of hydrogen-bond donors (Lipinski definition) is 1. The molecule has 2 rings (SSSR count). The smallest absolute Gasteiger partial charge is 0.0156 e. The van der Waals surface area contributed by atoms with Crippen LogP contribution in [0.2, 0.25) is 0 Å². The van der Waals surface area contributed by atoms with Gasteiger partial charge in [-0.2, -0.15) is 0 Å². The van der Waals surface area contributed by atoms with Crippen molar-refractivity contribution in [1.29, 1.82) is 0 Å². The highest BCUT2D eigenvalue weighted by molar-refractivity contribution is 4.94. The van der Waals surface area contributed by atoms with Crippen LogP contribution in [0.1, 0.15) is 65.7 Å². The third kappa shape index (κ3) is 3.52. The molecule has 0 aromatic carbocycles. The van der Waals surface area contributed by atoms with Crippen LogP contribution in [-0.4, -0.2) is 37.1 Å². The molecule has 2 atom stereocenters. The van der Waals surface area contributed by atoms with E-state index in [4.69, 9.17) is 0 Å². The lowest BCUT2D eigenvalue weighted by Gasteiger charge is -2.46. The SMILES string of the molecule is CCN(CC1CCCC(C)(C)C1NC)C1CCCC1. The second-order valence-electron chi connectivity index (χ2n) is 7.43. The fraction of sp³-hybridized carbons (Fsp3) is 1.00. The highest BCUT2D eigenvalue weighted by Crippen LogP contribution is 2.39. The van der Waals surface area contributed by atoms with Gasteiger partial charge in [0.05, 0.1) is 0 Å². The van der Waals surface area contributed by atoms with Gasteiger partial charge in [0.1, 0.15) is 0 Å². The standard InChI is InChI=1S/C17H34N2/c1-5-19(15-10-6-7-11-15)13-14-9-8-12-17(2,3)16(14)18-4/h14-16,18H,5-13H2,1-4H3. The first-order valence-corrected chi connectivity index (χ1v) is 8.49. The highest BCUT2D eigenvalue weighted by atomic mass is 15.2. The normalized spacial score (nSPS) is 32.1. The number of nitrogens with one attached hydrogen (secondary N) is 1. The monoisotopic (exact) mass is 266 g/mol. The van der Waals surface area contributed by atoms with E-state index < -0.39 is 0 Å². The Morgan fingerprint density at radius 1 is 1.11 bits per heavy atom. The van der Waals surface area contributed by atoms with Gasteiger partial charge in [-0.15, -0.1) is 0 Å². The quantitative estimate of drug-likeness (QED) is 0.817. The minimum Gasteiger partial charge on any atom is -0.316 e. The van der Waals surface area contributed by atoms with E-state index in [2.05, 4.69) is 38.0 Å². The molecule has 2 fully saturated rings. The van der Waals surface area contributed by atoms with Crippen molar-refractivity contribution in [2.45, 2.75) is 77.8 Å². The lowest BCUT2D eigenvalue weighted by Crippen LogP contribution is -2.52. The first-order valence-electron chi connectivity index (χ1n) is 8.49. The van der Waals surface area contributed by atoms with Crippen molar-refractivity contribution in [2.24, 2.45) is 11.3 Å². The molecule has 0 heterocycles. The molecule has 0 amide bonds. The van der Waals surface area contributed by atoms with E-state index in [0.29, 0.717) is 11.5 Å². The lowest BCUT2D eigenvalue weighted by atomic mass is 9.67. The summed E-state index contributed by atoms with van der Waals surface area (Å²) in [6.07, 6.45) is 9.99. The van der Waals surface area contributed by atoms with E-state index in [-0.39, 0.29) is 0 Å². The third-order valence-corrected chi connectivity index (χ3v) is 5.74. The van der Waals surface area contributed by atoms with Gasteiger partial charge in [-0.25, -0.2) is 0 Å². The maximum absolute atomic E-state index is 3.64. The van der Waals surface area contributed by atoms with E-state index >= 15 is 0 Å². The van der Waals surface area contributed by atoms with Crippen molar-refractivity contribution in [3.05, 3.63) is 0 Å². The predicted molar refractivity (Wildman–Crippen MR) is 83.5 cm³/mol. The summed E-state index contributed by atoms with van der Waals surface area (Å²) in [7, 11) is 2.16. The van der Waals surface area contributed by atoms with Crippen molar-refractivity contribution in [3.63, 3.8) is 0 Å². The minimum absolute atomic E-state index is 0.465. The van der Waals surface area contributed by atoms with Gasteiger partial charge in [0.15, 0.2) is 0 Å². The van der Waals surface area contributed by atoms with Crippen molar-refractivity contribution < 1.29 is 0 Å². The fourth-order valence-electron chi connectivity index (χ4n) is 4.71. The number of nitrogens with zero attached hydrogens (tertiary/aromatic N) is 1. The molecule has 112 valence electrons. The van der Waals surface area contributed by atoms with Crippen molar-refractivity contribution >= 4 is 0 Å². The van der Waals surface area contributed by atoms with Crippen LogP contribution in [0.25, 0.3) is 0 Å². The van der Waals surface area contributed by atoms with Crippen LogP contribution in [0.5, 0.6) is 0 Å². The zero-order valence-corrected chi connectivity index (χ0v) is 13.5. The summed E-state index contributed by atoms with van der Waals surface area (Å²) in [5, 5.41) is 3.64. The van der Waals surface area contributed by atoms with Crippen LogP contribution < -0.4 is 5.32 Å². The summed E-state index contributed by atoms with van der Waals surface area (Å²) in [6, 6.07) is 1.57. The molecule has 0 bridgehead atoms. The predicted octanol–water partition coefficient (Wildman–Crippen LogP) is 3.67. The van der Waals surface area contributed by atoms with Gasteiger partial charge in [0.2, 0.25) is 0 Å². The van der Waals surface area contributed by atoms with E-state index in [1.807, 2.05) is 0 Å². The number of hydrogen-bond acceptors (Lipinski definition) is 2. The molecule has 0 saturated heterocycles. The molecular formula is C17H34N2. The van der Waals surface area contributed by atoms with Crippen LogP contribution in [0.3, 0.4) is 0 Å². The summed E-state index contributed by atoms with van der Waals surface area (Å²) in [6.45, 7) is 9.80. The van der Waals surface area contributed by atoms with Crippen LogP contribution in [0.15, 0.2) is 0 Å². The molecule has 19 heavy (non-hydrogen) atoms. The molecule has 0 aliphatic heterocycles. The molecular weight excluding hydrogens is 232 g/mol. The Labute approximate surface area is 120 Å². The second kappa shape index (κ2) is 6.58. The van der Waals surface area contributed by atoms with Crippen LogP contribution >= 0.6 is 0 Å². The molecule has 2 nitrogen and oxygen atoms in total. The van der Waals surface area contributed by atoms with Crippen molar-refractivity contribution in [1.82, 2.24) is 10.2 Å². The zero-order chi connectivity index (χ0) is 13.9. The molecule has 0 radical (unpaired) electrons. The van der Waals surface area contributed by atoms with E-state index in [0.717, 1.165) is 12.0 Å². The topological polar surface area (TPSA) is 15.3 Å². The summed E-state index contributed by atoms with van der Waals surface area (Å²) < 4.78 is 0. The molecule has 0 spiro atoms. The van der Waals surface area contributed by atoms with E-state index in [1.165, 1.54) is 58.0 Å². The average molecular weight is 266 g/mol. The van der Waals surface area contributed by atoms with E-state index in [9.17, 15) is 0 Å². The van der Waals surface area contributed by atoms with Gasteiger partial charge in [0.25, 0.3) is 0 Å². The number of rotatable bonds is 5. The molecule has 1 N–H and O–H groups in total. The Morgan fingerprint density at radius 3 is 2.37 bits per heavy atom. The minimum atomic E-state index is 0.465. The van der Waals surface area contributed by atoms with Gasteiger partial charge in [-0.1, -0.05) is 40.0 Å². The van der Waals surface area contributed by atoms with Gasteiger partial charge >= 0.3 is 0 Å². The second-order valence-corrected chi connectivity index (χ2v) is 7.43. The summed E-state index contributed by atoms with van der Waals surface area (Å²) >= 11 is 0. The van der Waals surface area contributed by atoms with Gasteiger partial charge < -0.3 is 10.2 Å². The van der Waals surface area contributed by atoms with Gasteiger partial charge in [0, 0.05) is 18.6 Å². The van der Waals surface area contributed by atoms with Crippen LogP contribution in [-0.2, 0) is 0 Å². The van der Waals surface area contributed by atoms with Crippen molar-refractivity contribution in [3.8, 4) is 0 Å². The molecule has 2 heteroatoms. The lowest BCUT2D eigenvalue weighted by molar-refractivity contribution is 0.0712. The highest BCUT2D eigenvalue weighted by Gasteiger charge is 2.39.